The molecule has 0 nitrogen and oxygen atoms in total. The average Bonchev–Trinajstić information content (AvgIpc) is 1.98. The molecule has 0 saturated carbocycles. The predicted octanol–water partition coefficient (Wildman–Crippen LogP) is 3.79. The molecule has 1 radical (unpaired) electrons. The summed E-state index contributed by atoms with van der Waals surface area (Å²) >= 11 is 5.93. The van der Waals surface area contributed by atoms with Crippen LogP contribution >= 0.6 is 11.6 Å². The molecule has 0 bridgehead atoms. The van der Waals surface area contributed by atoms with Crippen molar-refractivity contribution in [2.75, 3.05) is 0 Å². The van der Waals surface area contributed by atoms with E-state index >= 15 is 0 Å². The Balaban J connectivity index is 2.89. The highest BCUT2D eigenvalue weighted by molar-refractivity contribution is 6.20. The zero-order chi connectivity index (χ0) is 7.82. The normalized spacial score (nSPS) is 13.5. The summed E-state index contributed by atoms with van der Waals surface area (Å²) < 4.78 is 0. The van der Waals surface area contributed by atoms with Gasteiger partial charge in [-0.05, 0) is 19.3 Å². The summed E-state index contributed by atoms with van der Waals surface area (Å²) in [5.74, 6) is 0. The fraction of sp³-hybridized carbons (Fsp3) is 0.889. The van der Waals surface area contributed by atoms with Crippen LogP contribution in [0.1, 0.15) is 46.0 Å². The molecule has 0 aromatic carbocycles. The third-order valence-corrected chi connectivity index (χ3v) is 2.23. The zero-order valence-corrected chi connectivity index (χ0v) is 7.82. The Kier molecular flexibility index (Phi) is 7.61. The highest BCUT2D eigenvalue weighted by atomic mass is 35.5. The van der Waals surface area contributed by atoms with Gasteiger partial charge in [-0.1, -0.05) is 33.1 Å². The van der Waals surface area contributed by atoms with Crippen LogP contribution in [-0.2, 0) is 0 Å². The van der Waals surface area contributed by atoms with Crippen LogP contribution in [0.2, 0.25) is 0 Å². The average molecular weight is 162 g/mol. The summed E-state index contributed by atoms with van der Waals surface area (Å²) in [7, 11) is 0. The van der Waals surface area contributed by atoms with E-state index in [-0.39, 0.29) is 0 Å². The van der Waals surface area contributed by atoms with Crippen molar-refractivity contribution >= 4 is 11.6 Å². The van der Waals surface area contributed by atoms with Crippen molar-refractivity contribution in [1.29, 1.82) is 0 Å². The maximum absolute atomic E-state index is 5.93. The van der Waals surface area contributed by atoms with Gasteiger partial charge in [-0.3, -0.25) is 0 Å². The highest BCUT2D eigenvalue weighted by Crippen LogP contribution is 2.12. The van der Waals surface area contributed by atoms with E-state index in [9.17, 15) is 0 Å². The third kappa shape index (κ3) is 6.41. The summed E-state index contributed by atoms with van der Waals surface area (Å²) in [5, 5.41) is 0.414. The van der Waals surface area contributed by atoms with Gasteiger partial charge in [-0.15, -0.1) is 11.6 Å². The van der Waals surface area contributed by atoms with Gasteiger partial charge in [0.2, 0.25) is 0 Å². The second-order valence-electron chi connectivity index (χ2n) is 2.70. The third-order valence-electron chi connectivity index (χ3n) is 1.70. The predicted molar refractivity (Wildman–Crippen MR) is 48.4 cm³/mol. The first kappa shape index (κ1) is 10.3. The molecule has 0 rings (SSSR count). The molecule has 0 fully saturated rings. The molecule has 0 aliphatic heterocycles. The quantitative estimate of drug-likeness (QED) is 0.411. The van der Waals surface area contributed by atoms with Crippen molar-refractivity contribution in [3.8, 4) is 0 Å². The van der Waals surface area contributed by atoms with Gasteiger partial charge in [0.05, 0.1) is 0 Å². The number of unbranched alkanes of at least 4 members (excludes halogenated alkanes) is 3. The second kappa shape index (κ2) is 7.40. The first-order chi connectivity index (χ1) is 4.81. The lowest BCUT2D eigenvalue weighted by atomic mass is 10.1. The van der Waals surface area contributed by atoms with Gasteiger partial charge in [0.25, 0.3) is 0 Å². The molecule has 0 aliphatic carbocycles. The van der Waals surface area contributed by atoms with E-state index in [1.807, 2.05) is 0 Å². The van der Waals surface area contributed by atoms with Crippen molar-refractivity contribution in [3.63, 3.8) is 0 Å². The van der Waals surface area contributed by atoms with Gasteiger partial charge < -0.3 is 0 Å². The molecule has 0 aliphatic rings. The van der Waals surface area contributed by atoms with Crippen LogP contribution in [0.3, 0.4) is 0 Å². The van der Waals surface area contributed by atoms with Crippen LogP contribution in [0.4, 0.5) is 0 Å². The van der Waals surface area contributed by atoms with Crippen LogP contribution < -0.4 is 0 Å². The smallest absolute Gasteiger partial charge is 0.0333 e. The van der Waals surface area contributed by atoms with Gasteiger partial charge in [-0.25, -0.2) is 0 Å². The van der Waals surface area contributed by atoms with Crippen molar-refractivity contribution in [1.82, 2.24) is 0 Å². The van der Waals surface area contributed by atoms with E-state index in [2.05, 4.69) is 20.3 Å². The van der Waals surface area contributed by atoms with Crippen molar-refractivity contribution < 1.29 is 0 Å². The number of halogens is 1. The maximum Gasteiger partial charge on any atom is 0.0333 e. The lowest BCUT2D eigenvalue weighted by molar-refractivity contribution is 0.635. The van der Waals surface area contributed by atoms with E-state index in [1.54, 1.807) is 0 Å². The Morgan fingerprint density at radius 3 is 2.60 bits per heavy atom. The molecular formula is C9H18Cl. The fourth-order valence-electron chi connectivity index (χ4n) is 0.918. The number of rotatable bonds is 6. The van der Waals surface area contributed by atoms with Gasteiger partial charge in [-0.2, -0.15) is 0 Å². The van der Waals surface area contributed by atoms with Crippen molar-refractivity contribution in [2.24, 2.45) is 0 Å². The Hall–Kier alpha value is 0.290. The molecule has 1 unspecified atom stereocenters. The van der Waals surface area contributed by atoms with Gasteiger partial charge in [0, 0.05) is 5.38 Å². The van der Waals surface area contributed by atoms with Crippen molar-refractivity contribution in [3.05, 3.63) is 6.42 Å². The van der Waals surface area contributed by atoms with Crippen LogP contribution in [0.25, 0.3) is 0 Å². The molecule has 61 valence electrons. The van der Waals surface area contributed by atoms with E-state index in [0.717, 1.165) is 6.42 Å². The molecule has 0 saturated heterocycles. The number of hydrogen-bond acceptors (Lipinski definition) is 0. The van der Waals surface area contributed by atoms with Crippen LogP contribution in [0.5, 0.6) is 0 Å². The fourth-order valence-corrected chi connectivity index (χ4v) is 1.07. The minimum absolute atomic E-state index is 0.414. The van der Waals surface area contributed by atoms with Gasteiger partial charge >= 0.3 is 0 Å². The van der Waals surface area contributed by atoms with Crippen LogP contribution in [0.15, 0.2) is 0 Å². The molecule has 0 aromatic heterocycles. The topological polar surface area (TPSA) is 0 Å². The maximum atomic E-state index is 5.93. The minimum atomic E-state index is 0.414. The van der Waals surface area contributed by atoms with Crippen molar-refractivity contribution in [2.45, 2.75) is 51.3 Å². The van der Waals surface area contributed by atoms with Gasteiger partial charge in [0.15, 0.2) is 0 Å². The molecule has 0 N–H and O–H groups in total. The molecule has 0 spiro atoms. The summed E-state index contributed by atoms with van der Waals surface area (Å²) in [6.45, 7) is 4.25. The SMILES string of the molecule is C[CH]CCCCC(Cl)CC. The first-order valence-electron chi connectivity index (χ1n) is 4.23. The minimum Gasteiger partial charge on any atom is -0.123 e. The lowest BCUT2D eigenvalue weighted by Crippen LogP contribution is -1.94. The Morgan fingerprint density at radius 1 is 1.40 bits per heavy atom. The van der Waals surface area contributed by atoms with E-state index in [4.69, 9.17) is 11.6 Å². The monoisotopic (exact) mass is 161 g/mol. The summed E-state index contributed by atoms with van der Waals surface area (Å²) in [4.78, 5) is 0. The van der Waals surface area contributed by atoms with Crippen LogP contribution in [-0.4, -0.2) is 5.38 Å². The standard InChI is InChI=1S/C9H18Cl/c1-3-5-6-7-8-9(10)4-2/h3,9H,4-8H2,1-2H3. The molecule has 10 heavy (non-hydrogen) atoms. The molecule has 1 atom stereocenters. The lowest BCUT2D eigenvalue weighted by Gasteiger charge is -2.04. The number of alkyl halides is 1. The van der Waals surface area contributed by atoms with Crippen LogP contribution in [0, 0.1) is 6.42 Å². The van der Waals surface area contributed by atoms with E-state index in [0.29, 0.717) is 5.38 Å². The molecule has 1 heteroatoms. The largest absolute Gasteiger partial charge is 0.123 e. The summed E-state index contributed by atoms with van der Waals surface area (Å²) in [6, 6.07) is 0. The zero-order valence-electron chi connectivity index (χ0n) is 7.07. The molecule has 0 aromatic rings. The first-order valence-corrected chi connectivity index (χ1v) is 4.66. The van der Waals surface area contributed by atoms with Gasteiger partial charge in [0.1, 0.15) is 0 Å². The number of hydrogen-bond donors (Lipinski definition) is 0. The molecule has 0 heterocycles. The molecular weight excluding hydrogens is 144 g/mol. The second-order valence-corrected chi connectivity index (χ2v) is 3.32. The Labute approximate surface area is 70.0 Å². The van der Waals surface area contributed by atoms with E-state index in [1.165, 1.54) is 25.7 Å². The Morgan fingerprint density at radius 2 is 2.10 bits per heavy atom. The highest BCUT2D eigenvalue weighted by Gasteiger charge is 1.98. The summed E-state index contributed by atoms with van der Waals surface area (Å²) in [6.07, 6.45) is 8.35. The Bertz CT molecular complexity index is 61.7. The molecule has 0 amide bonds. The summed E-state index contributed by atoms with van der Waals surface area (Å²) in [5.41, 5.74) is 0. The van der Waals surface area contributed by atoms with E-state index < -0.39 is 0 Å².